The van der Waals surface area contributed by atoms with Crippen molar-refractivity contribution in [3.63, 3.8) is 0 Å². The van der Waals surface area contributed by atoms with Gasteiger partial charge in [0.1, 0.15) is 0 Å². The van der Waals surface area contributed by atoms with Gasteiger partial charge in [-0.05, 0) is 12.0 Å². The maximum absolute atomic E-state index is 5.49. The SMILES string of the molecule is ClCC/C=C/C1=COCC1. The molecular weight excluding hydrogens is 148 g/mol. The normalized spacial score (nSPS) is 17.5. The summed E-state index contributed by atoms with van der Waals surface area (Å²) in [5.74, 6) is 0.699. The van der Waals surface area contributed by atoms with Crippen LogP contribution in [0.25, 0.3) is 0 Å². The van der Waals surface area contributed by atoms with Gasteiger partial charge in [-0.15, -0.1) is 11.6 Å². The van der Waals surface area contributed by atoms with Crippen molar-refractivity contribution in [2.24, 2.45) is 0 Å². The fraction of sp³-hybridized carbons (Fsp3) is 0.500. The summed E-state index contributed by atoms with van der Waals surface area (Å²) < 4.78 is 5.04. The molecule has 0 unspecified atom stereocenters. The molecule has 0 amide bonds. The highest BCUT2D eigenvalue weighted by atomic mass is 35.5. The van der Waals surface area contributed by atoms with E-state index in [1.54, 1.807) is 0 Å². The van der Waals surface area contributed by atoms with E-state index in [4.69, 9.17) is 16.3 Å². The Morgan fingerprint density at radius 1 is 1.70 bits per heavy atom. The van der Waals surface area contributed by atoms with E-state index in [0.717, 1.165) is 19.4 Å². The predicted molar refractivity (Wildman–Crippen MR) is 43.1 cm³/mol. The van der Waals surface area contributed by atoms with Crippen LogP contribution in [-0.2, 0) is 4.74 Å². The van der Waals surface area contributed by atoms with Gasteiger partial charge in [-0.1, -0.05) is 12.2 Å². The molecule has 0 aromatic heterocycles. The first-order valence-corrected chi connectivity index (χ1v) is 4.00. The lowest BCUT2D eigenvalue weighted by atomic mass is 10.2. The zero-order valence-corrected chi connectivity index (χ0v) is 6.60. The Bertz CT molecular complexity index is 149. The second-order valence-corrected chi connectivity index (χ2v) is 2.57. The van der Waals surface area contributed by atoms with Crippen LogP contribution in [0.1, 0.15) is 12.8 Å². The molecule has 0 bridgehead atoms. The summed E-state index contributed by atoms with van der Waals surface area (Å²) in [6.07, 6.45) is 7.95. The van der Waals surface area contributed by atoms with E-state index < -0.39 is 0 Å². The molecular formula is C8H11ClO. The van der Waals surface area contributed by atoms with Crippen LogP contribution < -0.4 is 0 Å². The highest BCUT2D eigenvalue weighted by Crippen LogP contribution is 2.11. The van der Waals surface area contributed by atoms with Gasteiger partial charge < -0.3 is 4.74 Å². The molecule has 56 valence electrons. The maximum Gasteiger partial charge on any atom is 0.0914 e. The largest absolute Gasteiger partial charge is 0.501 e. The summed E-state index contributed by atoms with van der Waals surface area (Å²) in [6.45, 7) is 0.834. The molecule has 2 heteroatoms. The van der Waals surface area contributed by atoms with E-state index in [1.165, 1.54) is 5.57 Å². The van der Waals surface area contributed by atoms with Crippen LogP contribution in [-0.4, -0.2) is 12.5 Å². The third kappa shape index (κ3) is 2.44. The Hall–Kier alpha value is -0.430. The van der Waals surface area contributed by atoms with E-state index in [1.807, 2.05) is 6.26 Å². The topological polar surface area (TPSA) is 9.23 Å². The van der Waals surface area contributed by atoms with E-state index in [-0.39, 0.29) is 0 Å². The summed E-state index contributed by atoms with van der Waals surface area (Å²) in [5.41, 5.74) is 1.27. The fourth-order valence-electron chi connectivity index (χ4n) is 0.822. The second-order valence-electron chi connectivity index (χ2n) is 2.19. The van der Waals surface area contributed by atoms with Gasteiger partial charge in [0, 0.05) is 12.3 Å². The van der Waals surface area contributed by atoms with Crippen molar-refractivity contribution < 1.29 is 4.74 Å². The first-order valence-electron chi connectivity index (χ1n) is 3.46. The zero-order chi connectivity index (χ0) is 7.23. The zero-order valence-electron chi connectivity index (χ0n) is 5.85. The monoisotopic (exact) mass is 158 g/mol. The molecule has 10 heavy (non-hydrogen) atoms. The average molecular weight is 159 g/mol. The number of rotatable bonds is 3. The molecule has 0 saturated heterocycles. The summed E-state index contributed by atoms with van der Waals surface area (Å²) in [6, 6.07) is 0. The first-order chi connectivity index (χ1) is 4.93. The minimum Gasteiger partial charge on any atom is -0.501 e. The van der Waals surface area contributed by atoms with Gasteiger partial charge in [-0.3, -0.25) is 0 Å². The number of alkyl halides is 1. The lowest BCUT2D eigenvalue weighted by molar-refractivity contribution is 0.281. The first kappa shape index (κ1) is 7.67. The molecule has 0 fully saturated rings. The summed E-state index contributed by atoms with van der Waals surface area (Å²) in [7, 11) is 0. The number of halogens is 1. The summed E-state index contributed by atoms with van der Waals surface area (Å²) in [5, 5.41) is 0. The van der Waals surface area contributed by atoms with Crippen molar-refractivity contribution in [1.29, 1.82) is 0 Å². The molecule has 0 atom stereocenters. The molecule has 0 N–H and O–H groups in total. The molecule has 0 spiro atoms. The molecule has 1 nitrogen and oxygen atoms in total. The Labute approximate surface area is 66.3 Å². The van der Waals surface area contributed by atoms with Crippen molar-refractivity contribution in [3.8, 4) is 0 Å². The minimum atomic E-state index is 0.699. The molecule has 0 aromatic carbocycles. The smallest absolute Gasteiger partial charge is 0.0914 e. The van der Waals surface area contributed by atoms with Crippen molar-refractivity contribution in [3.05, 3.63) is 24.0 Å². The Kier molecular flexibility index (Phi) is 3.37. The molecule has 0 aliphatic carbocycles. The van der Waals surface area contributed by atoms with Gasteiger partial charge >= 0.3 is 0 Å². The number of allylic oxidation sites excluding steroid dienone is 2. The van der Waals surface area contributed by atoms with Gasteiger partial charge in [-0.25, -0.2) is 0 Å². The van der Waals surface area contributed by atoms with E-state index in [0.29, 0.717) is 5.88 Å². The Morgan fingerprint density at radius 2 is 2.60 bits per heavy atom. The Morgan fingerprint density at radius 3 is 3.20 bits per heavy atom. The molecule has 0 radical (unpaired) electrons. The number of ether oxygens (including phenoxy) is 1. The van der Waals surface area contributed by atoms with Gasteiger partial charge in [0.05, 0.1) is 12.9 Å². The quantitative estimate of drug-likeness (QED) is 0.574. The lowest BCUT2D eigenvalue weighted by Crippen LogP contribution is -1.75. The van der Waals surface area contributed by atoms with Crippen LogP contribution in [0.4, 0.5) is 0 Å². The summed E-state index contributed by atoms with van der Waals surface area (Å²) in [4.78, 5) is 0. The molecule has 1 aliphatic heterocycles. The van der Waals surface area contributed by atoms with E-state index in [9.17, 15) is 0 Å². The van der Waals surface area contributed by atoms with Crippen LogP contribution in [0, 0.1) is 0 Å². The van der Waals surface area contributed by atoms with E-state index in [2.05, 4.69) is 12.2 Å². The highest BCUT2D eigenvalue weighted by molar-refractivity contribution is 6.17. The van der Waals surface area contributed by atoms with Crippen molar-refractivity contribution in [2.45, 2.75) is 12.8 Å². The molecule has 1 heterocycles. The van der Waals surface area contributed by atoms with Gasteiger partial charge in [-0.2, -0.15) is 0 Å². The van der Waals surface area contributed by atoms with Crippen LogP contribution in [0.3, 0.4) is 0 Å². The van der Waals surface area contributed by atoms with Gasteiger partial charge in [0.15, 0.2) is 0 Å². The van der Waals surface area contributed by atoms with Crippen molar-refractivity contribution in [1.82, 2.24) is 0 Å². The summed E-state index contributed by atoms with van der Waals surface area (Å²) >= 11 is 5.49. The van der Waals surface area contributed by atoms with Crippen molar-refractivity contribution in [2.75, 3.05) is 12.5 Å². The number of hydrogen-bond donors (Lipinski definition) is 0. The second kappa shape index (κ2) is 4.40. The Balaban J connectivity index is 2.23. The van der Waals surface area contributed by atoms with Crippen LogP contribution in [0.15, 0.2) is 24.0 Å². The highest BCUT2D eigenvalue weighted by Gasteiger charge is 1.99. The minimum absolute atomic E-state index is 0.699. The van der Waals surface area contributed by atoms with Gasteiger partial charge in [0.25, 0.3) is 0 Å². The van der Waals surface area contributed by atoms with Crippen LogP contribution >= 0.6 is 11.6 Å². The molecule has 0 aromatic rings. The van der Waals surface area contributed by atoms with E-state index >= 15 is 0 Å². The van der Waals surface area contributed by atoms with Gasteiger partial charge in [0.2, 0.25) is 0 Å². The van der Waals surface area contributed by atoms with Crippen LogP contribution in [0.2, 0.25) is 0 Å². The standard InChI is InChI=1S/C8H11ClO/c9-5-2-1-3-8-4-6-10-7-8/h1,3,7H,2,4-6H2/b3-1+. The third-order valence-electron chi connectivity index (χ3n) is 1.35. The number of hydrogen-bond acceptors (Lipinski definition) is 1. The average Bonchev–Trinajstić information content (AvgIpc) is 2.41. The molecule has 1 aliphatic rings. The predicted octanol–water partition coefficient (Wildman–Crippen LogP) is 2.48. The third-order valence-corrected chi connectivity index (χ3v) is 1.57. The maximum atomic E-state index is 5.49. The molecule has 0 saturated carbocycles. The molecule has 1 rings (SSSR count). The fourth-order valence-corrected chi connectivity index (χ4v) is 0.948. The van der Waals surface area contributed by atoms with Crippen molar-refractivity contribution >= 4 is 11.6 Å². The van der Waals surface area contributed by atoms with Crippen LogP contribution in [0.5, 0.6) is 0 Å². The lowest BCUT2D eigenvalue weighted by Gasteiger charge is -1.85.